The number of carboxylic acid groups (broad SMARTS) is 1. The topological polar surface area (TPSA) is 119 Å². The second kappa shape index (κ2) is 14.4. The molecule has 3 aromatic rings. The molecule has 3 rings (SSSR count). The van der Waals surface area contributed by atoms with E-state index in [9.17, 15) is 23.1 Å². The first-order valence-electron chi connectivity index (χ1n) is 12.8. The number of sulfone groups is 1. The summed E-state index contributed by atoms with van der Waals surface area (Å²) in [7, 11) is -3.40. The molecule has 0 saturated carbocycles. The van der Waals surface area contributed by atoms with Crippen LogP contribution in [0.1, 0.15) is 46.5 Å². The zero-order valence-electron chi connectivity index (χ0n) is 22.7. The van der Waals surface area contributed by atoms with Crippen molar-refractivity contribution >= 4 is 33.3 Å². The van der Waals surface area contributed by atoms with E-state index in [0.29, 0.717) is 23.8 Å². The van der Waals surface area contributed by atoms with E-state index in [1.165, 1.54) is 0 Å². The fourth-order valence-corrected chi connectivity index (χ4v) is 5.03. The molecular weight excluding hydrogens is 554 g/mol. The summed E-state index contributed by atoms with van der Waals surface area (Å²) in [6, 6.07) is 18.8. The van der Waals surface area contributed by atoms with Crippen molar-refractivity contribution in [1.82, 2.24) is 5.32 Å². The fourth-order valence-electron chi connectivity index (χ4n) is 4.17. The maximum atomic E-state index is 13.3. The number of carboxylic acids is 1. The van der Waals surface area contributed by atoms with Gasteiger partial charge in [0.15, 0.2) is 0 Å². The van der Waals surface area contributed by atoms with Crippen molar-refractivity contribution in [1.29, 1.82) is 0 Å². The molecule has 0 fully saturated rings. The molecule has 0 aliphatic rings. The molecule has 0 aliphatic heterocycles. The smallest absolute Gasteiger partial charge is 0.326 e. The zero-order valence-corrected chi connectivity index (χ0v) is 24.3. The van der Waals surface area contributed by atoms with Crippen LogP contribution in [0, 0.1) is 6.92 Å². The Labute approximate surface area is 240 Å². The fraction of sp³-hybridized carbons (Fsp3) is 0.333. The van der Waals surface area contributed by atoms with Gasteiger partial charge in [-0.25, -0.2) is 13.2 Å². The van der Waals surface area contributed by atoms with E-state index in [0.717, 1.165) is 28.5 Å². The Morgan fingerprint density at radius 1 is 1.02 bits per heavy atom. The average molecular weight is 588 g/mol. The number of halogens is 1. The van der Waals surface area contributed by atoms with Crippen LogP contribution in [0.3, 0.4) is 0 Å². The standard InChI is InChI=1S/C30H34ClNO7S/c1-4-38-19-28(22-9-7-10-23(31)17-22)39-18-21-12-13-25(26(16-21)24-11-6-5-8-20(24)2)29(33)32-27(30(34)35)14-15-40(3,36)37/h5-13,16-17,27-28H,4,14-15,18-19H2,1-3H3,(H,32,33)(H,34,35)/t27-,28-/m0/s1. The van der Waals surface area contributed by atoms with Gasteiger partial charge in [0, 0.05) is 23.4 Å². The van der Waals surface area contributed by atoms with Crippen molar-refractivity contribution in [3.05, 3.63) is 94.0 Å². The predicted molar refractivity (Wildman–Crippen MR) is 155 cm³/mol. The van der Waals surface area contributed by atoms with Gasteiger partial charge in [-0.3, -0.25) is 4.79 Å². The number of hydrogen-bond donors (Lipinski definition) is 2. The number of nitrogens with one attached hydrogen (secondary N) is 1. The Morgan fingerprint density at radius 3 is 2.42 bits per heavy atom. The van der Waals surface area contributed by atoms with E-state index in [1.54, 1.807) is 18.2 Å². The second-order valence-corrected chi connectivity index (χ2v) is 12.2. The van der Waals surface area contributed by atoms with Crippen LogP contribution >= 0.6 is 11.6 Å². The van der Waals surface area contributed by atoms with Gasteiger partial charge >= 0.3 is 5.97 Å². The minimum atomic E-state index is -3.40. The van der Waals surface area contributed by atoms with E-state index in [2.05, 4.69) is 5.32 Å². The zero-order chi connectivity index (χ0) is 29.3. The Balaban J connectivity index is 1.91. The van der Waals surface area contributed by atoms with Crippen LogP contribution in [-0.4, -0.2) is 56.7 Å². The predicted octanol–water partition coefficient (Wildman–Crippen LogP) is 5.23. The molecule has 40 heavy (non-hydrogen) atoms. The van der Waals surface area contributed by atoms with Crippen molar-refractivity contribution < 1.29 is 32.6 Å². The highest BCUT2D eigenvalue weighted by Gasteiger charge is 2.24. The third-order valence-corrected chi connectivity index (χ3v) is 7.50. The number of ether oxygens (including phenoxy) is 2. The summed E-state index contributed by atoms with van der Waals surface area (Å²) in [5, 5.41) is 12.7. The molecule has 2 atom stereocenters. The molecule has 0 unspecified atom stereocenters. The van der Waals surface area contributed by atoms with Gasteiger partial charge in [-0.05, 0) is 72.4 Å². The van der Waals surface area contributed by atoms with Crippen molar-refractivity contribution in [3.8, 4) is 11.1 Å². The van der Waals surface area contributed by atoms with Gasteiger partial charge in [-0.2, -0.15) is 0 Å². The van der Waals surface area contributed by atoms with Crippen molar-refractivity contribution in [2.24, 2.45) is 0 Å². The quantitative estimate of drug-likeness (QED) is 0.265. The largest absolute Gasteiger partial charge is 0.480 e. The van der Waals surface area contributed by atoms with Gasteiger partial charge in [-0.1, -0.05) is 54.1 Å². The lowest BCUT2D eigenvalue weighted by Crippen LogP contribution is -2.42. The number of carbonyl (C=O) groups is 2. The highest BCUT2D eigenvalue weighted by atomic mass is 35.5. The summed E-state index contributed by atoms with van der Waals surface area (Å²) in [5.41, 5.74) is 4.28. The van der Waals surface area contributed by atoms with Crippen molar-refractivity contribution in [2.75, 3.05) is 25.2 Å². The summed E-state index contributed by atoms with van der Waals surface area (Å²) in [6.07, 6.45) is 0.418. The third kappa shape index (κ3) is 9.16. The number of rotatable bonds is 14. The summed E-state index contributed by atoms with van der Waals surface area (Å²) in [5.74, 6) is -2.28. The molecule has 10 heteroatoms. The van der Waals surface area contributed by atoms with Crippen LogP contribution in [0.25, 0.3) is 11.1 Å². The summed E-state index contributed by atoms with van der Waals surface area (Å²) in [4.78, 5) is 25.1. The maximum absolute atomic E-state index is 13.3. The lowest BCUT2D eigenvalue weighted by atomic mass is 9.93. The number of benzene rings is 3. The molecule has 214 valence electrons. The first kappa shape index (κ1) is 31.3. The molecule has 1 amide bonds. The van der Waals surface area contributed by atoms with Crippen molar-refractivity contribution in [2.45, 2.75) is 39.0 Å². The van der Waals surface area contributed by atoms with Crippen LogP contribution in [0.15, 0.2) is 66.7 Å². The van der Waals surface area contributed by atoms with Gasteiger partial charge in [0.1, 0.15) is 22.0 Å². The molecule has 0 aliphatic carbocycles. The van der Waals surface area contributed by atoms with Gasteiger partial charge in [0.05, 0.1) is 19.0 Å². The third-order valence-electron chi connectivity index (χ3n) is 6.29. The summed E-state index contributed by atoms with van der Waals surface area (Å²) in [6.45, 7) is 4.92. The Hall–Kier alpha value is -3.24. The molecule has 0 bridgehead atoms. The average Bonchev–Trinajstić information content (AvgIpc) is 2.90. The number of hydrogen-bond acceptors (Lipinski definition) is 6. The number of aliphatic carboxylic acids is 1. The molecule has 3 aromatic carbocycles. The molecule has 0 heterocycles. The van der Waals surface area contributed by atoms with E-state index in [4.69, 9.17) is 21.1 Å². The molecule has 0 radical (unpaired) electrons. The normalized spacial score (nSPS) is 13.0. The molecular formula is C30H34ClNO7S. The Morgan fingerprint density at radius 2 is 1.77 bits per heavy atom. The maximum Gasteiger partial charge on any atom is 0.326 e. The van der Waals surface area contributed by atoms with Crippen LogP contribution in [0.2, 0.25) is 5.02 Å². The number of aryl methyl sites for hydroxylation is 1. The minimum Gasteiger partial charge on any atom is -0.480 e. The summed E-state index contributed by atoms with van der Waals surface area (Å²) >= 11 is 6.19. The minimum absolute atomic E-state index is 0.219. The van der Waals surface area contributed by atoms with Gasteiger partial charge < -0.3 is 19.9 Å². The van der Waals surface area contributed by atoms with E-state index in [1.807, 2.05) is 62.4 Å². The molecule has 0 saturated heterocycles. The highest BCUT2D eigenvalue weighted by molar-refractivity contribution is 7.90. The summed E-state index contributed by atoms with van der Waals surface area (Å²) < 4.78 is 35.0. The lowest BCUT2D eigenvalue weighted by Gasteiger charge is -2.20. The van der Waals surface area contributed by atoms with Crippen LogP contribution in [-0.2, 0) is 30.7 Å². The van der Waals surface area contributed by atoms with E-state index >= 15 is 0 Å². The van der Waals surface area contributed by atoms with Gasteiger partial charge in [0.2, 0.25) is 0 Å². The molecule has 8 nitrogen and oxygen atoms in total. The van der Waals surface area contributed by atoms with E-state index in [-0.39, 0.29) is 30.4 Å². The molecule has 0 spiro atoms. The van der Waals surface area contributed by atoms with Crippen LogP contribution < -0.4 is 5.32 Å². The Bertz CT molecular complexity index is 1440. The SMILES string of the molecule is CCOC[C@H](OCc1ccc(C(=O)N[C@@H](CCS(C)(=O)=O)C(=O)O)c(-c2ccccc2C)c1)c1cccc(Cl)c1. The van der Waals surface area contributed by atoms with Crippen LogP contribution in [0.4, 0.5) is 0 Å². The second-order valence-electron chi connectivity index (χ2n) is 9.49. The first-order valence-corrected chi connectivity index (χ1v) is 15.3. The van der Waals surface area contributed by atoms with Crippen LogP contribution in [0.5, 0.6) is 0 Å². The Kier molecular flexibility index (Phi) is 11.3. The number of carbonyl (C=O) groups excluding carboxylic acids is 1. The lowest BCUT2D eigenvalue weighted by molar-refractivity contribution is -0.139. The molecule has 2 N–H and O–H groups in total. The highest BCUT2D eigenvalue weighted by Crippen LogP contribution is 2.30. The van der Waals surface area contributed by atoms with Gasteiger partial charge in [-0.15, -0.1) is 0 Å². The monoisotopic (exact) mass is 587 g/mol. The van der Waals surface area contributed by atoms with Crippen molar-refractivity contribution in [3.63, 3.8) is 0 Å². The molecule has 0 aromatic heterocycles. The first-order chi connectivity index (χ1) is 19.0. The van der Waals surface area contributed by atoms with Gasteiger partial charge in [0.25, 0.3) is 5.91 Å². The van der Waals surface area contributed by atoms with E-state index < -0.39 is 27.8 Å². The number of amides is 1.